The van der Waals surface area contributed by atoms with Crippen LogP contribution in [0.5, 0.6) is 0 Å². The number of hydrogen-bond donors (Lipinski definition) is 1. The minimum Gasteiger partial charge on any atom is -0.385 e. The second-order valence-corrected chi connectivity index (χ2v) is 8.28. The van der Waals surface area contributed by atoms with Crippen molar-refractivity contribution in [1.82, 2.24) is 0 Å². The standard InChI is InChI=1S/C20H28O2/c1-3-13-5-7-17-16-6-4-14-12-15(21)8-11-20(14,22)18(16)9-10-19(13,17)2/h3,12,16-18,22H,4-11H2,1-2H3/b13-3+/t16-,17-,18-,19+,20+/m0/s1. The van der Waals surface area contributed by atoms with E-state index < -0.39 is 5.60 Å². The Morgan fingerprint density at radius 2 is 1.95 bits per heavy atom. The van der Waals surface area contributed by atoms with Gasteiger partial charge in [-0.25, -0.2) is 0 Å². The first-order valence-corrected chi connectivity index (χ1v) is 9.11. The van der Waals surface area contributed by atoms with E-state index in [1.807, 2.05) is 0 Å². The Bertz CT molecular complexity index is 572. The molecule has 0 radical (unpaired) electrons. The highest BCUT2D eigenvalue weighted by Crippen LogP contribution is 2.64. The second-order valence-electron chi connectivity index (χ2n) is 8.28. The van der Waals surface area contributed by atoms with Gasteiger partial charge in [0.1, 0.15) is 0 Å². The van der Waals surface area contributed by atoms with E-state index in [2.05, 4.69) is 19.9 Å². The number of fused-ring (bicyclic) bond motifs is 5. The Kier molecular flexibility index (Phi) is 3.21. The maximum absolute atomic E-state index is 11.7. The molecule has 0 unspecified atom stereocenters. The van der Waals surface area contributed by atoms with Crippen molar-refractivity contribution in [1.29, 1.82) is 0 Å². The molecule has 0 aromatic carbocycles. The second kappa shape index (κ2) is 4.80. The highest BCUT2D eigenvalue weighted by Gasteiger charge is 2.58. The molecule has 3 fully saturated rings. The Balaban J connectivity index is 1.70. The molecule has 4 rings (SSSR count). The van der Waals surface area contributed by atoms with Crippen molar-refractivity contribution < 1.29 is 9.90 Å². The van der Waals surface area contributed by atoms with Crippen LogP contribution in [0.1, 0.15) is 65.2 Å². The van der Waals surface area contributed by atoms with Crippen molar-refractivity contribution in [3.8, 4) is 0 Å². The predicted molar refractivity (Wildman–Crippen MR) is 87.3 cm³/mol. The maximum Gasteiger partial charge on any atom is 0.155 e. The summed E-state index contributed by atoms with van der Waals surface area (Å²) >= 11 is 0. The fourth-order valence-corrected chi connectivity index (χ4v) is 6.51. The van der Waals surface area contributed by atoms with E-state index >= 15 is 0 Å². The topological polar surface area (TPSA) is 37.3 Å². The molecule has 22 heavy (non-hydrogen) atoms. The number of allylic oxidation sites excluding steroid dienone is 2. The summed E-state index contributed by atoms with van der Waals surface area (Å²) in [5, 5.41) is 11.4. The van der Waals surface area contributed by atoms with Gasteiger partial charge in [0, 0.05) is 6.42 Å². The highest BCUT2D eigenvalue weighted by molar-refractivity contribution is 5.92. The lowest BCUT2D eigenvalue weighted by molar-refractivity contribution is -0.123. The van der Waals surface area contributed by atoms with Gasteiger partial charge in [0.05, 0.1) is 5.60 Å². The molecule has 5 atom stereocenters. The summed E-state index contributed by atoms with van der Waals surface area (Å²) in [5.41, 5.74) is 2.41. The first kappa shape index (κ1) is 14.7. The quantitative estimate of drug-likeness (QED) is 0.681. The van der Waals surface area contributed by atoms with Crippen LogP contribution in [0.15, 0.2) is 23.3 Å². The van der Waals surface area contributed by atoms with Gasteiger partial charge in [-0.3, -0.25) is 4.79 Å². The number of rotatable bonds is 0. The lowest BCUT2D eigenvalue weighted by Crippen LogP contribution is -2.54. The average molecular weight is 300 g/mol. The van der Waals surface area contributed by atoms with E-state index in [1.165, 1.54) is 25.7 Å². The largest absolute Gasteiger partial charge is 0.385 e. The van der Waals surface area contributed by atoms with Gasteiger partial charge >= 0.3 is 0 Å². The van der Waals surface area contributed by atoms with Gasteiger partial charge in [-0.1, -0.05) is 18.6 Å². The first-order chi connectivity index (χ1) is 10.5. The molecular formula is C20H28O2. The van der Waals surface area contributed by atoms with E-state index in [-0.39, 0.29) is 5.78 Å². The van der Waals surface area contributed by atoms with Crippen molar-refractivity contribution in [3.05, 3.63) is 23.3 Å². The van der Waals surface area contributed by atoms with Gasteiger partial charge in [-0.15, -0.1) is 0 Å². The predicted octanol–water partition coefficient (Wildman–Crippen LogP) is 4.19. The van der Waals surface area contributed by atoms with Gasteiger partial charge < -0.3 is 5.11 Å². The molecule has 0 amide bonds. The van der Waals surface area contributed by atoms with Crippen molar-refractivity contribution in [2.45, 2.75) is 70.8 Å². The summed E-state index contributed by atoms with van der Waals surface area (Å²) in [7, 11) is 0. The van der Waals surface area contributed by atoms with Crippen molar-refractivity contribution in [2.75, 3.05) is 0 Å². The van der Waals surface area contributed by atoms with Crippen LogP contribution in [-0.2, 0) is 4.79 Å². The fraction of sp³-hybridized carbons (Fsp3) is 0.750. The maximum atomic E-state index is 11.7. The molecule has 0 heterocycles. The molecule has 0 spiro atoms. The summed E-state index contributed by atoms with van der Waals surface area (Å²) in [6.45, 7) is 4.66. The van der Waals surface area contributed by atoms with Gasteiger partial charge in [-0.2, -0.15) is 0 Å². The summed E-state index contributed by atoms with van der Waals surface area (Å²) in [6.07, 6.45) is 12.3. The van der Waals surface area contributed by atoms with Gasteiger partial charge in [0.2, 0.25) is 0 Å². The van der Waals surface area contributed by atoms with E-state index in [1.54, 1.807) is 11.6 Å². The van der Waals surface area contributed by atoms with E-state index in [0.29, 0.717) is 30.1 Å². The SMILES string of the molecule is C/C=C1\CC[C@H]2[C@@H]3CCC4=CC(=O)CC[C@]4(O)[C@H]3CC[C@]12C. The fourth-order valence-electron chi connectivity index (χ4n) is 6.51. The molecule has 120 valence electrons. The normalized spacial score (nSPS) is 49.4. The molecule has 0 bridgehead atoms. The van der Waals surface area contributed by atoms with Crippen LogP contribution in [0.2, 0.25) is 0 Å². The molecule has 0 aromatic heterocycles. The first-order valence-electron chi connectivity index (χ1n) is 9.11. The zero-order valence-corrected chi connectivity index (χ0v) is 13.9. The van der Waals surface area contributed by atoms with E-state index in [9.17, 15) is 9.90 Å². The number of carbonyl (C=O) groups excluding carboxylic acids is 1. The van der Waals surface area contributed by atoms with Gasteiger partial charge in [-0.05, 0) is 86.7 Å². The third kappa shape index (κ3) is 1.79. The van der Waals surface area contributed by atoms with Crippen LogP contribution in [0.25, 0.3) is 0 Å². The summed E-state index contributed by atoms with van der Waals surface area (Å²) in [6, 6.07) is 0. The van der Waals surface area contributed by atoms with E-state index in [0.717, 1.165) is 24.3 Å². The van der Waals surface area contributed by atoms with E-state index in [4.69, 9.17) is 0 Å². The summed E-state index contributed by atoms with van der Waals surface area (Å²) in [4.78, 5) is 11.7. The Labute approximate surface area is 133 Å². The molecule has 2 heteroatoms. The Hall–Kier alpha value is -0.890. The molecule has 3 saturated carbocycles. The minimum atomic E-state index is -0.670. The molecule has 0 saturated heterocycles. The van der Waals surface area contributed by atoms with Crippen LogP contribution < -0.4 is 0 Å². The molecule has 4 aliphatic rings. The molecule has 0 aliphatic heterocycles. The third-order valence-electron chi connectivity index (χ3n) is 7.64. The lowest BCUT2D eigenvalue weighted by atomic mass is 9.50. The van der Waals surface area contributed by atoms with Gasteiger partial charge in [0.25, 0.3) is 0 Å². The van der Waals surface area contributed by atoms with Crippen LogP contribution >= 0.6 is 0 Å². The number of hydrogen-bond acceptors (Lipinski definition) is 2. The monoisotopic (exact) mass is 300 g/mol. The Morgan fingerprint density at radius 1 is 1.14 bits per heavy atom. The molecule has 4 aliphatic carbocycles. The number of carbonyl (C=O) groups is 1. The molecule has 0 aromatic rings. The highest BCUT2D eigenvalue weighted by atomic mass is 16.3. The lowest BCUT2D eigenvalue weighted by Gasteiger charge is -2.56. The number of aliphatic hydroxyl groups is 1. The van der Waals surface area contributed by atoms with Crippen LogP contribution in [-0.4, -0.2) is 16.5 Å². The zero-order chi connectivity index (χ0) is 15.5. The van der Waals surface area contributed by atoms with Crippen LogP contribution in [0, 0.1) is 23.2 Å². The molecular weight excluding hydrogens is 272 g/mol. The minimum absolute atomic E-state index is 0.218. The number of ketones is 1. The zero-order valence-electron chi connectivity index (χ0n) is 13.9. The van der Waals surface area contributed by atoms with Crippen molar-refractivity contribution >= 4 is 5.78 Å². The summed E-state index contributed by atoms with van der Waals surface area (Å²) < 4.78 is 0. The third-order valence-corrected chi connectivity index (χ3v) is 7.64. The van der Waals surface area contributed by atoms with Crippen LogP contribution in [0.3, 0.4) is 0 Å². The average Bonchev–Trinajstić information content (AvgIpc) is 2.84. The van der Waals surface area contributed by atoms with Crippen LogP contribution in [0.4, 0.5) is 0 Å². The van der Waals surface area contributed by atoms with Crippen molar-refractivity contribution in [3.63, 3.8) is 0 Å². The Morgan fingerprint density at radius 3 is 2.73 bits per heavy atom. The summed E-state index contributed by atoms with van der Waals surface area (Å²) in [5.74, 6) is 1.98. The smallest absolute Gasteiger partial charge is 0.155 e. The van der Waals surface area contributed by atoms with Gasteiger partial charge in [0.15, 0.2) is 5.78 Å². The molecule has 2 nitrogen and oxygen atoms in total. The molecule has 1 N–H and O–H groups in total. The van der Waals surface area contributed by atoms with Crippen molar-refractivity contribution in [2.24, 2.45) is 23.2 Å².